The Balaban J connectivity index is 1.53. The van der Waals surface area contributed by atoms with E-state index in [9.17, 15) is 0 Å². The van der Waals surface area contributed by atoms with Gasteiger partial charge in [0.15, 0.2) is 5.58 Å². The second-order valence-corrected chi connectivity index (χ2v) is 6.45. The van der Waals surface area contributed by atoms with Crippen molar-refractivity contribution in [2.24, 2.45) is 11.8 Å². The van der Waals surface area contributed by atoms with Crippen molar-refractivity contribution in [2.45, 2.75) is 26.7 Å². The summed E-state index contributed by atoms with van der Waals surface area (Å²) in [5.74, 6) is 1.51. The molecule has 1 saturated heterocycles. The Kier molecular flexibility index (Phi) is 4.44. The van der Waals surface area contributed by atoms with E-state index in [4.69, 9.17) is 4.42 Å². The standard InChI is InChI=1S/C17H25N3O/c1-13(2)11-18-12-14-7-9-20(10-8-14)17-19-15-5-3-4-6-16(15)21-17/h3-6,13-14,18H,7-12H2,1-2H3. The van der Waals surface area contributed by atoms with Crippen LogP contribution in [0.5, 0.6) is 0 Å². The minimum Gasteiger partial charge on any atom is -0.423 e. The molecule has 2 heterocycles. The van der Waals surface area contributed by atoms with Crippen LogP contribution in [0.25, 0.3) is 11.1 Å². The molecule has 0 saturated carbocycles. The van der Waals surface area contributed by atoms with Crippen LogP contribution in [0.15, 0.2) is 28.7 Å². The summed E-state index contributed by atoms with van der Waals surface area (Å²) in [6, 6.07) is 8.76. The van der Waals surface area contributed by atoms with Gasteiger partial charge in [0.05, 0.1) is 0 Å². The summed E-state index contributed by atoms with van der Waals surface area (Å²) >= 11 is 0. The highest BCUT2D eigenvalue weighted by Crippen LogP contribution is 2.25. The van der Waals surface area contributed by atoms with Gasteiger partial charge in [-0.25, -0.2) is 0 Å². The minimum absolute atomic E-state index is 0.727. The van der Waals surface area contributed by atoms with Crippen LogP contribution < -0.4 is 10.2 Å². The van der Waals surface area contributed by atoms with Crippen LogP contribution in [0, 0.1) is 11.8 Å². The number of nitrogens with zero attached hydrogens (tertiary/aromatic N) is 2. The second-order valence-electron chi connectivity index (χ2n) is 6.45. The number of hydrogen-bond donors (Lipinski definition) is 1. The van der Waals surface area contributed by atoms with E-state index in [0.717, 1.165) is 55.1 Å². The molecule has 0 radical (unpaired) electrons. The topological polar surface area (TPSA) is 41.3 Å². The predicted molar refractivity (Wildman–Crippen MR) is 86.7 cm³/mol. The molecule has 1 aromatic carbocycles. The summed E-state index contributed by atoms with van der Waals surface area (Å²) in [5.41, 5.74) is 1.83. The van der Waals surface area contributed by atoms with Gasteiger partial charge in [-0.2, -0.15) is 4.98 Å². The molecular weight excluding hydrogens is 262 g/mol. The van der Waals surface area contributed by atoms with E-state index in [2.05, 4.69) is 29.0 Å². The summed E-state index contributed by atoms with van der Waals surface area (Å²) < 4.78 is 5.85. The van der Waals surface area contributed by atoms with Gasteiger partial charge in [0.1, 0.15) is 5.52 Å². The Labute approximate surface area is 126 Å². The smallest absolute Gasteiger partial charge is 0.298 e. The van der Waals surface area contributed by atoms with Crippen molar-refractivity contribution in [1.29, 1.82) is 0 Å². The molecule has 0 unspecified atom stereocenters. The normalized spacial score (nSPS) is 17.0. The summed E-state index contributed by atoms with van der Waals surface area (Å²) in [5, 5.41) is 3.57. The lowest BCUT2D eigenvalue weighted by molar-refractivity contribution is 0.364. The SMILES string of the molecule is CC(C)CNCC1CCN(c2nc3ccccc3o2)CC1. The van der Waals surface area contributed by atoms with Crippen LogP contribution in [0.2, 0.25) is 0 Å². The molecule has 114 valence electrons. The third-order valence-corrected chi connectivity index (χ3v) is 4.15. The van der Waals surface area contributed by atoms with Gasteiger partial charge in [0, 0.05) is 13.1 Å². The summed E-state index contributed by atoms with van der Waals surface area (Å²) in [6.45, 7) is 8.85. The number of aromatic nitrogens is 1. The molecule has 1 fully saturated rings. The molecule has 4 nitrogen and oxygen atoms in total. The fourth-order valence-electron chi connectivity index (χ4n) is 2.90. The predicted octanol–water partition coefficient (Wildman–Crippen LogP) is 3.29. The van der Waals surface area contributed by atoms with Gasteiger partial charge in [-0.05, 0) is 49.9 Å². The Morgan fingerprint density at radius 3 is 2.76 bits per heavy atom. The third-order valence-electron chi connectivity index (χ3n) is 4.15. The van der Waals surface area contributed by atoms with Crippen molar-refractivity contribution in [1.82, 2.24) is 10.3 Å². The van der Waals surface area contributed by atoms with E-state index < -0.39 is 0 Å². The summed E-state index contributed by atoms with van der Waals surface area (Å²) in [6.07, 6.45) is 2.42. The summed E-state index contributed by atoms with van der Waals surface area (Å²) in [4.78, 5) is 6.87. The van der Waals surface area contributed by atoms with Crippen molar-refractivity contribution < 1.29 is 4.42 Å². The first-order chi connectivity index (χ1) is 10.2. The van der Waals surface area contributed by atoms with E-state index in [1.807, 2.05) is 24.3 Å². The lowest BCUT2D eigenvalue weighted by Gasteiger charge is -2.31. The zero-order valence-electron chi connectivity index (χ0n) is 13.0. The molecule has 2 aromatic rings. The van der Waals surface area contributed by atoms with Crippen molar-refractivity contribution in [2.75, 3.05) is 31.1 Å². The molecule has 4 heteroatoms. The minimum atomic E-state index is 0.727. The molecule has 0 spiro atoms. The second kappa shape index (κ2) is 6.48. The monoisotopic (exact) mass is 287 g/mol. The quantitative estimate of drug-likeness (QED) is 0.916. The van der Waals surface area contributed by atoms with Crippen molar-refractivity contribution >= 4 is 17.1 Å². The van der Waals surface area contributed by atoms with Crippen LogP contribution in [0.4, 0.5) is 6.01 Å². The Morgan fingerprint density at radius 1 is 1.29 bits per heavy atom. The molecule has 0 bridgehead atoms. The first-order valence-electron chi connectivity index (χ1n) is 8.03. The van der Waals surface area contributed by atoms with E-state index in [1.165, 1.54) is 12.8 Å². The molecule has 0 atom stereocenters. The first kappa shape index (κ1) is 14.4. The molecule has 3 rings (SSSR count). The van der Waals surface area contributed by atoms with E-state index in [-0.39, 0.29) is 0 Å². The first-order valence-corrected chi connectivity index (χ1v) is 8.03. The maximum atomic E-state index is 5.85. The average Bonchev–Trinajstić information content (AvgIpc) is 2.91. The number of benzene rings is 1. The highest BCUT2D eigenvalue weighted by molar-refractivity contribution is 5.74. The largest absolute Gasteiger partial charge is 0.423 e. The van der Waals surface area contributed by atoms with E-state index in [0.29, 0.717) is 0 Å². The summed E-state index contributed by atoms with van der Waals surface area (Å²) in [7, 11) is 0. The molecule has 21 heavy (non-hydrogen) atoms. The van der Waals surface area contributed by atoms with Gasteiger partial charge in [-0.15, -0.1) is 0 Å². The molecular formula is C17H25N3O. The number of fused-ring (bicyclic) bond motifs is 1. The third kappa shape index (κ3) is 3.56. The van der Waals surface area contributed by atoms with Crippen LogP contribution >= 0.6 is 0 Å². The van der Waals surface area contributed by atoms with Gasteiger partial charge in [-0.3, -0.25) is 0 Å². The van der Waals surface area contributed by atoms with Gasteiger partial charge in [0.25, 0.3) is 6.01 Å². The van der Waals surface area contributed by atoms with Crippen molar-refractivity contribution in [3.63, 3.8) is 0 Å². The lowest BCUT2D eigenvalue weighted by Crippen LogP contribution is -2.38. The number of para-hydroxylation sites is 2. The van der Waals surface area contributed by atoms with Gasteiger partial charge in [0.2, 0.25) is 0 Å². The van der Waals surface area contributed by atoms with Gasteiger partial charge >= 0.3 is 0 Å². The maximum Gasteiger partial charge on any atom is 0.298 e. The molecule has 1 aliphatic rings. The zero-order valence-corrected chi connectivity index (χ0v) is 13.0. The van der Waals surface area contributed by atoms with E-state index in [1.54, 1.807) is 0 Å². The Morgan fingerprint density at radius 2 is 2.05 bits per heavy atom. The maximum absolute atomic E-state index is 5.85. The fraction of sp³-hybridized carbons (Fsp3) is 0.588. The van der Waals surface area contributed by atoms with Crippen molar-refractivity contribution in [3.8, 4) is 0 Å². The van der Waals surface area contributed by atoms with Crippen LogP contribution in [0.1, 0.15) is 26.7 Å². The highest BCUT2D eigenvalue weighted by Gasteiger charge is 2.22. The van der Waals surface area contributed by atoms with Gasteiger partial charge < -0.3 is 14.6 Å². The Hall–Kier alpha value is -1.55. The van der Waals surface area contributed by atoms with Crippen LogP contribution in [0.3, 0.4) is 0 Å². The lowest BCUT2D eigenvalue weighted by atomic mass is 9.97. The van der Waals surface area contributed by atoms with Crippen molar-refractivity contribution in [3.05, 3.63) is 24.3 Å². The van der Waals surface area contributed by atoms with E-state index >= 15 is 0 Å². The number of hydrogen-bond acceptors (Lipinski definition) is 4. The van der Waals surface area contributed by atoms with Crippen LogP contribution in [-0.4, -0.2) is 31.2 Å². The highest BCUT2D eigenvalue weighted by atomic mass is 16.4. The molecule has 1 aromatic heterocycles. The number of oxazole rings is 1. The molecule has 1 N–H and O–H groups in total. The number of nitrogens with one attached hydrogen (secondary N) is 1. The molecule has 0 aliphatic carbocycles. The van der Waals surface area contributed by atoms with Gasteiger partial charge in [-0.1, -0.05) is 26.0 Å². The number of rotatable bonds is 5. The molecule has 0 amide bonds. The van der Waals surface area contributed by atoms with Crippen LogP contribution in [-0.2, 0) is 0 Å². The average molecular weight is 287 g/mol. The number of piperidine rings is 1. The zero-order chi connectivity index (χ0) is 14.7. The Bertz CT molecular complexity index is 537. The number of anilines is 1. The molecule has 1 aliphatic heterocycles. The fourth-order valence-corrected chi connectivity index (χ4v) is 2.90.